The molecule has 2 rings (SSSR count). The van der Waals surface area contributed by atoms with E-state index in [1.165, 1.54) is 6.26 Å². The minimum absolute atomic E-state index is 0.143. The summed E-state index contributed by atoms with van der Waals surface area (Å²) in [6.45, 7) is 10.9. The van der Waals surface area contributed by atoms with E-state index in [1.54, 1.807) is 17.0 Å². The number of rotatable bonds is 9. The Morgan fingerprint density at radius 2 is 2.04 bits per heavy atom. The molecule has 0 aromatic carbocycles. The monoisotopic (exact) mass is 348 g/mol. The molecule has 0 saturated carbocycles. The number of amides is 1. The van der Waals surface area contributed by atoms with Gasteiger partial charge >= 0.3 is 0 Å². The number of aliphatic hydroxyl groups excluding tert-OH is 1. The van der Waals surface area contributed by atoms with Crippen LogP contribution in [0.5, 0.6) is 0 Å². The van der Waals surface area contributed by atoms with E-state index in [1.807, 2.05) is 13.8 Å². The van der Waals surface area contributed by atoms with Gasteiger partial charge in [-0.2, -0.15) is 0 Å². The van der Waals surface area contributed by atoms with E-state index in [0.717, 1.165) is 13.1 Å². The van der Waals surface area contributed by atoms with Crippen molar-refractivity contribution in [1.29, 1.82) is 0 Å². The van der Waals surface area contributed by atoms with Crippen LogP contribution in [0, 0.1) is 5.92 Å². The smallest absolute Gasteiger partial charge is 0.290 e. The Morgan fingerprint density at radius 1 is 1.36 bits per heavy atom. The molecule has 138 valence electrons. The van der Waals surface area contributed by atoms with Gasteiger partial charge in [0.2, 0.25) is 0 Å². The first-order chi connectivity index (χ1) is 11.9. The van der Waals surface area contributed by atoms with Crippen LogP contribution in [0.2, 0.25) is 0 Å². The lowest BCUT2D eigenvalue weighted by molar-refractivity contribution is -0.129. The van der Waals surface area contributed by atoms with Crippen LogP contribution >= 0.6 is 0 Å². The number of aliphatic hydroxyl groups is 1. The third-order valence-corrected chi connectivity index (χ3v) is 4.56. The fourth-order valence-electron chi connectivity index (χ4n) is 3.18. The summed E-state index contributed by atoms with van der Waals surface area (Å²) >= 11 is 0. The van der Waals surface area contributed by atoms with Gasteiger partial charge in [0, 0.05) is 19.5 Å². The molecule has 1 unspecified atom stereocenters. The predicted molar refractivity (Wildman–Crippen MR) is 95.1 cm³/mol. The average Bonchev–Trinajstić information content (AvgIpc) is 3.16. The Hall–Kier alpha value is -2.08. The SMILES string of the molecule is CCN(CC)CCN1C(=O)C(O)=C(C(=O)CC(C)C)C1c1ccco1. The first kappa shape index (κ1) is 19.2. The summed E-state index contributed by atoms with van der Waals surface area (Å²) in [5, 5.41) is 10.4. The third-order valence-electron chi connectivity index (χ3n) is 4.56. The van der Waals surface area contributed by atoms with Crippen molar-refractivity contribution in [2.75, 3.05) is 26.2 Å². The minimum Gasteiger partial charge on any atom is -0.503 e. The fraction of sp³-hybridized carbons (Fsp3) is 0.579. The number of nitrogens with zero attached hydrogens (tertiary/aromatic N) is 2. The zero-order valence-electron chi connectivity index (χ0n) is 15.5. The molecular weight excluding hydrogens is 320 g/mol. The van der Waals surface area contributed by atoms with Crippen molar-refractivity contribution in [3.05, 3.63) is 35.5 Å². The van der Waals surface area contributed by atoms with Crippen LogP contribution in [0.25, 0.3) is 0 Å². The molecule has 0 saturated heterocycles. The molecule has 0 aliphatic carbocycles. The molecule has 0 fully saturated rings. The Morgan fingerprint density at radius 3 is 2.56 bits per heavy atom. The molecule has 0 radical (unpaired) electrons. The molecule has 1 aromatic heterocycles. The van der Waals surface area contributed by atoms with Gasteiger partial charge in [0.25, 0.3) is 5.91 Å². The number of Topliss-reactive ketones (excluding diaryl/α,β-unsaturated/α-hetero) is 1. The van der Waals surface area contributed by atoms with Gasteiger partial charge in [0.05, 0.1) is 11.8 Å². The van der Waals surface area contributed by atoms with Crippen LogP contribution in [0.15, 0.2) is 34.1 Å². The molecule has 1 atom stereocenters. The second kappa shape index (κ2) is 8.34. The minimum atomic E-state index is -0.649. The maximum atomic E-state index is 12.7. The van der Waals surface area contributed by atoms with Crippen LogP contribution in [0.4, 0.5) is 0 Å². The maximum absolute atomic E-state index is 12.7. The third kappa shape index (κ3) is 4.12. The Balaban J connectivity index is 2.31. The summed E-state index contributed by atoms with van der Waals surface area (Å²) in [4.78, 5) is 29.0. The highest BCUT2D eigenvalue weighted by Crippen LogP contribution is 2.38. The molecule has 1 aromatic rings. The summed E-state index contributed by atoms with van der Waals surface area (Å²) in [5.74, 6) is -0.492. The quantitative estimate of drug-likeness (QED) is 0.743. The molecule has 6 heteroatoms. The van der Waals surface area contributed by atoms with Crippen LogP contribution in [0.1, 0.15) is 45.9 Å². The average molecular weight is 348 g/mol. The number of furan rings is 1. The van der Waals surface area contributed by atoms with Crippen LogP contribution in [-0.4, -0.2) is 52.8 Å². The maximum Gasteiger partial charge on any atom is 0.290 e. The summed E-state index contributed by atoms with van der Waals surface area (Å²) in [6.07, 6.45) is 1.80. The zero-order valence-corrected chi connectivity index (χ0v) is 15.5. The highest BCUT2D eigenvalue weighted by molar-refractivity contribution is 6.08. The molecule has 2 heterocycles. The van der Waals surface area contributed by atoms with E-state index in [2.05, 4.69) is 18.7 Å². The molecule has 1 amide bonds. The van der Waals surface area contributed by atoms with Crippen molar-refractivity contribution >= 4 is 11.7 Å². The lowest BCUT2D eigenvalue weighted by atomic mass is 9.95. The van der Waals surface area contributed by atoms with Crippen LogP contribution in [0.3, 0.4) is 0 Å². The highest BCUT2D eigenvalue weighted by atomic mass is 16.3. The molecule has 1 aliphatic rings. The van der Waals surface area contributed by atoms with Crippen LogP contribution in [-0.2, 0) is 9.59 Å². The van der Waals surface area contributed by atoms with Gasteiger partial charge in [-0.3, -0.25) is 9.59 Å². The van der Waals surface area contributed by atoms with E-state index < -0.39 is 17.7 Å². The Bertz CT molecular complexity index is 630. The standard InChI is InChI=1S/C19H28N2O4/c1-5-20(6-2)9-10-21-17(15-8-7-11-25-15)16(18(23)19(21)24)14(22)12-13(3)4/h7-8,11,13,17,23H,5-6,9-10,12H2,1-4H3. The topological polar surface area (TPSA) is 74.0 Å². The zero-order chi connectivity index (χ0) is 18.6. The Kier molecular flexibility index (Phi) is 6.42. The van der Waals surface area contributed by atoms with Gasteiger partial charge in [0.15, 0.2) is 11.5 Å². The molecule has 1 aliphatic heterocycles. The van der Waals surface area contributed by atoms with Gasteiger partial charge in [-0.15, -0.1) is 0 Å². The summed E-state index contributed by atoms with van der Waals surface area (Å²) < 4.78 is 5.48. The lowest BCUT2D eigenvalue weighted by Crippen LogP contribution is -2.38. The van der Waals surface area contributed by atoms with Crippen molar-refractivity contribution in [3.8, 4) is 0 Å². The van der Waals surface area contributed by atoms with E-state index in [9.17, 15) is 14.7 Å². The number of ketones is 1. The number of likely N-dealkylation sites (N-methyl/N-ethyl adjacent to an activating group) is 1. The fourth-order valence-corrected chi connectivity index (χ4v) is 3.18. The molecule has 1 N–H and O–H groups in total. The van der Waals surface area contributed by atoms with Crippen molar-refractivity contribution in [1.82, 2.24) is 9.80 Å². The van der Waals surface area contributed by atoms with Crippen LogP contribution < -0.4 is 0 Å². The van der Waals surface area contributed by atoms with Crippen molar-refractivity contribution in [2.24, 2.45) is 5.92 Å². The largest absolute Gasteiger partial charge is 0.503 e. The molecule has 6 nitrogen and oxygen atoms in total. The van der Waals surface area contributed by atoms with E-state index in [-0.39, 0.29) is 23.7 Å². The summed E-state index contributed by atoms with van der Waals surface area (Å²) in [5.41, 5.74) is 0.160. The molecule has 0 spiro atoms. The van der Waals surface area contributed by atoms with E-state index in [4.69, 9.17) is 4.42 Å². The van der Waals surface area contributed by atoms with Crippen molar-refractivity contribution < 1.29 is 19.1 Å². The molecule has 25 heavy (non-hydrogen) atoms. The normalized spacial score (nSPS) is 18.1. The predicted octanol–water partition coefficient (Wildman–Crippen LogP) is 2.93. The highest BCUT2D eigenvalue weighted by Gasteiger charge is 2.44. The number of hydrogen-bond donors (Lipinski definition) is 1. The van der Waals surface area contributed by atoms with Gasteiger partial charge in [-0.1, -0.05) is 27.7 Å². The number of carbonyl (C=O) groups excluding carboxylic acids is 2. The van der Waals surface area contributed by atoms with Gasteiger partial charge in [-0.25, -0.2) is 0 Å². The molecular formula is C19H28N2O4. The van der Waals surface area contributed by atoms with Gasteiger partial charge < -0.3 is 19.3 Å². The van der Waals surface area contributed by atoms with Crippen molar-refractivity contribution in [3.63, 3.8) is 0 Å². The second-order valence-electron chi connectivity index (χ2n) is 6.73. The molecule has 0 bridgehead atoms. The number of hydrogen-bond acceptors (Lipinski definition) is 5. The van der Waals surface area contributed by atoms with Crippen molar-refractivity contribution in [2.45, 2.75) is 40.2 Å². The van der Waals surface area contributed by atoms with Gasteiger partial charge in [0.1, 0.15) is 11.8 Å². The Labute approximate surface area is 149 Å². The second-order valence-corrected chi connectivity index (χ2v) is 6.73. The van der Waals surface area contributed by atoms with E-state index in [0.29, 0.717) is 18.8 Å². The van der Waals surface area contributed by atoms with E-state index >= 15 is 0 Å². The summed E-state index contributed by atoms with van der Waals surface area (Å²) in [7, 11) is 0. The lowest BCUT2D eigenvalue weighted by Gasteiger charge is -2.28. The summed E-state index contributed by atoms with van der Waals surface area (Å²) in [6, 6.07) is 2.82. The first-order valence-corrected chi connectivity index (χ1v) is 8.93. The first-order valence-electron chi connectivity index (χ1n) is 8.93. The number of carbonyl (C=O) groups is 2. The van der Waals surface area contributed by atoms with Gasteiger partial charge in [-0.05, 0) is 31.1 Å².